The molecule has 0 amide bonds. The largest absolute Gasteiger partial charge is 0.398 e. The van der Waals surface area contributed by atoms with Gasteiger partial charge in [0.15, 0.2) is 0 Å². The van der Waals surface area contributed by atoms with Crippen molar-refractivity contribution in [2.45, 2.75) is 27.7 Å². The predicted octanol–water partition coefficient (Wildman–Crippen LogP) is 3.28. The predicted molar refractivity (Wildman–Crippen MR) is 68.1 cm³/mol. The van der Waals surface area contributed by atoms with Crippen molar-refractivity contribution < 1.29 is 0 Å². The first-order valence-electron chi connectivity index (χ1n) is 5.60. The Balaban J connectivity index is 2.55. The highest BCUT2D eigenvalue weighted by molar-refractivity contribution is 5.58. The van der Waals surface area contributed by atoms with Gasteiger partial charge >= 0.3 is 0 Å². The number of anilines is 2. The van der Waals surface area contributed by atoms with Crippen LogP contribution in [0.15, 0.2) is 18.2 Å². The van der Waals surface area contributed by atoms with E-state index in [4.69, 9.17) is 5.73 Å². The minimum Gasteiger partial charge on any atom is -0.398 e. The molecule has 0 aliphatic heterocycles. The van der Waals surface area contributed by atoms with Crippen LogP contribution < -0.4 is 11.1 Å². The summed E-state index contributed by atoms with van der Waals surface area (Å²) in [4.78, 5) is 0. The summed E-state index contributed by atoms with van der Waals surface area (Å²) in [6.07, 6.45) is 0. The average molecular weight is 206 g/mol. The third-order valence-electron chi connectivity index (χ3n) is 3.05. The first-order valence-corrected chi connectivity index (χ1v) is 5.60. The zero-order valence-electron chi connectivity index (χ0n) is 10.2. The molecule has 2 heteroatoms. The van der Waals surface area contributed by atoms with Gasteiger partial charge in [-0.3, -0.25) is 0 Å². The fourth-order valence-corrected chi connectivity index (χ4v) is 1.26. The molecule has 0 saturated carbocycles. The maximum Gasteiger partial charge on any atom is 0.0364 e. The van der Waals surface area contributed by atoms with E-state index >= 15 is 0 Å². The lowest BCUT2D eigenvalue weighted by Crippen LogP contribution is -2.16. The van der Waals surface area contributed by atoms with Crippen molar-refractivity contribution in [3.63, 3.8) is 0 Å². The lowest BCUT2D eigenvalue weighted by Gasteiger charge is -2.17. The van der Waals surface area contributed by atoms with Crippen LogP contribution in [0.4, 0.5) is 11.4 Å². The van der Waals surface area contributed by atoms with E-state index in [1.165, 1.54) is 0 Å². The first kappa shape index (κ1) is 11.9. The molecule has 1 unspecified atom stereocenters. The molecule has 0 aliphatic rings. The molecule has 0 saturated heterocycles. The van der Waals surface area contributed by atoms with Crippen LogP contribution >= 0.6 is 0 Å². The molecule has 15 heavy (non-hydrogen) atoms. The summed E-state index contributed by atoms with van der Waals surface area (Å²) in [7, 11) is 0. The molecular weight excluding hydrogens is 184 g/mol. The van der Waals surface area contributed by atoms with Gasteiger partial charge in [0.1, 0.15) is 0 Å². The summed E-state index contributed by atoms with van der Waals surface area (Å²) in [5, 5.41) is 3.41. The molecule has 84 valence electrons. The topological polar surface area (TPSA) is 38.0 Å². The van der Waals surface area contributed by atoms with E-state index in [9.17, 15) is 0 Å². The van der Waals surface area contributed by atoms with Gasteiger partial charge in [-0.1, -0.05) is 26.8 Å². The maximum absolute atomic E-state index is 5.85. The summed E-state index contributed by atoms with van der Waals surface area (Å²) in [5.74, 6) is 1.38. The SMILES string of the molecule is Cc1ccc(NCC(C)C(C)C)cc1N. The Bertz CT molecular complexity index is 318. The van der Waals surface area contributed by atoms with Gasteiger partial charge < -0.3 is 11.1 Å². The van der Waals surface area contributed by atoms with Gasteiger partial charge in [0.05, 0.1) is 0 Å². The molecule has 0 bridgehead atoms. The monoisotopic (exact) mass is 206 g/mol. The van der Waals surface area contributed by atoms with Crippen molar-refractivity contribution in [2.75, 3.05) is 17.6 Å². The lowest BCUT2D eigenvalue weighted by atomic mass is 9.98. The summed E-state index contributed by atoms with van der Waals surface area (Å²) >= 11 is 0. The molecule has 1 rings (SSSR count). The second kappa shape index (κ2) is 5.06. The molecule has 0 aliphatic carbocycles. The quantitative estimate of drug-likeness (QED) is 0.742. The Morgan fingerprint density at radius 1 is 1.27 bits per heavy atom. The van der Waals surface area contributed by atoms with Gasteiger partial charge in [0.2, 0.25) is 0 Å². The van der Waals surface area contributed by atoms with Crippen LogP contribution in [-0.2, 0) is 0 Å². The van der Waals surface area contributed by atoms with Crippen molar-refractivity contribution in [2.24, 2.45) is 11.8 Å². The Morgan fingerprint density at radius 3 is 2.47 bits per heavy atom. The van der Waals surface area contributed by atoms with Crippen molar-refractivity contribution in [3.05, 3.63) is 23.8 Å². The molecule has 1 aromatic carbocycles. The first-order chi connectivity index (χ1) is 7.00. The third kappa shape index (κ3) is 3.46. The number of nitrogen functional groups attached to an aromatic ring is 1. The Morgan fingerprint density at radius 2 is 1.93 bits per heavy atom. The summed E-state index contributed by atoms with van der Waals surface area (Å²) < 4.78 is 0. The minimum atomic E-state index is 0.674. The standard InChI is InChI=1S/C13H22N2/c1-9(2)11(4)8-15-12-6-5-10(3)13(14)7-12/h5-7,9,11,15H,8,14H2,1-4H3. The van der Waals surface area contributed by atoms with Crippen LogP contribution in [0.1, 0.15) is 26.3 Å². The average Bonchev–Trinajstić information content (AvgIpc) is 2.19. The molecule has 0 aromatic heterocycles. The highest BCUT2D eigenvalue weighted by Crippen LogP contribution is 2.18. The number of rotatable bonds is 4. The molecule has 0 spiro atoms. The van der Waals surface area contributed by atoms with Crippen LogP contribution in [0.5, 0.6) is 0 Å². The second-order valence-electron chi connectivity index (χ2n) is 4.67. The second-order valence-corrected chi connectivity index (χ2v) is 4.67. The van der Waals surface area contributed by atoms with Gasteiger partial charge in [-0.05, 0) is 36.5 Å². The maximum atomic E-state index is 5.85. The summed E-state index contributed by atoms with van der Waals surface area (Å²) in [6, 6.07) is 6.14. The van der Waals surface area contributed by atoms with Crippen molar-refractivity contribution in [3.8, 4) is 0 Å². The van der Waals surface area contributed by atoms with Crippen molar-refractivity contribution in [1.82, 2.24) is 0 Å². The zero-order valence-corrected chi connectivity index (χ0v) is 10.2. The van der Waals surface area contributed by atoms with Gasteiger partial charge in [0, 0.05) is 17.9 Å². The van der Waals surface area contributed by atoms with E-state index in [1.54, 1.807) is 0 Å². The van der Waals surface area contributed by atoms with Crippen molar-refractivity contribution >= 4 is 11.4 Å². The molecule has 0 heterocycles. The number of nitrogens with two attached hydrogens (primary N) is 1. The molecular formula is C13H22N2. The van der Waals surface area contributed by atoms with E-state index in [0.717, 1.165) is 23.5 Å². The highest BCUT2D eigenvalue weighted by atomic mass is 14.9. The van der Waals surface area contributed by atoms with Gasteiger partial charge in [-0.2, -0.15) is 0 Å². The minimum absolute atomic E-state index is 0.674. The Hall–Kier alpha value is -1.18. The highest BCUT2D eigenvalue weighted by Gasteiger charge is 2.06. The van der Waals surface area contributed by atoms with E-state index in [2.05, 4.69) is 38.2 Å². The molecule has 3 N–H and O–H groups in total. The number of hydrogen-bond donors (Lipinski definition) is 2. The van der Waals surface area contributed by atoms with Crippen molar-refractivity contribution in [1.29, 1.82) is 0 Å². The number of nitrogens with one attached hydrogen (secondary N) is 1. The number of hydrogen-bond acceptors (Lipinski definition) is 2. The number of aryl methyl sites for hydroxylation is 1. The normalized spacial score (nSPS) is 12.9. The van der Waals surface area contributed by atoms with Crippen LogP contribution in [0.25, 0.3) is 0 Å². The van der Waals surface area contributed by atoms with Crippen LogP contribution in [0.3, 0.4) is 0 Å². The number of benzene rings is 1. The molecule has 1 aromatic rings. The molecule has 0 fully saturated rings. The molecule has 2 nitrogen and oxygen atoms in total. The van der Waals surface area contributed by atoms with Gasteiger partial charge in [0.25, 0.3) is 0 Å². The molecule has 0 radical (unpaired) electrons. The van der Waals surface area contributed by atoms with Gasteiger partial charge in [-0.25, -0.2) is 0 Å². The van der Waals surface area contributed by atoms with E-state index < -0.39 is 0 Å². The Labute approximate surface area is 92.9 Å². The smallest absolute Gasteiger partial charge is 0.0364 e. The van der Waals surface area contributed by atoms with E-state index in [1.807, 2.05) is 13.0 Å². The lowest BCUT2D eigenvalue weighted by molar-refractivity contribution is 0.440. The summed E-state index contributed by atoms with van der Waals surface area (Å²) in [5.41, 5.74) is 8.96. The fourth-order valence-electron chi connectivity index (χ4n) is 1.26. The zero-order chi connectivity index (χ0) is 11.4. The third-order valence-corrected chi connectivity index (χ3v) is 3.05. The fraction of sp³-hybridized carbons (Fsp3) is 0.538. The van der Waals surface area contributed by atoms with E-state index in [-0.39, 0.29) is 0 Å². The van der Waals surface area contributed by atoms with E-state index in [0.29, 0.717) is 11.8 Å². The molecule has 1 atom stereocenters. The Kier molecular flexibility index (Phi) is 4.01. The van der Waals surface area contributed by atoms with Gasteiger partial charge in [-0.15, -0.1) is 0 Å². The van der Waals surface area contributed by atoms with Crippen LogP contribution in [0, 0.1) is 18.8 Å². The summed E-state index contributed by atoms with van der Waals surface area (Å²) in [6.45, 7) is 9.77. The van der Waals surface area contributed by atoms with Crippen LogP contribution in [-0.4, -0.2) is 6.54 Å². The van der Waals surface area contributed by atoms with Crippen LogP contribution in [0.2, 0.25) is 0 Å².